The van der Waals surface area contributed by atoms with E-state index < -0.39 is 0 Å². The molecular formula is C30H39N5O4. The molecule has 4 rings (SSSR count). The largest absolute Gasteiger partial charge is 0.489 e. The summed E-state index contributed by atoms with van der Waals surface area (Å²) in [4.78, 5) is 31.9. The topological polar surface area (TPSA) is 110 Å². The van der Waals surface area contributed by atoms with Crippen molar-refractivity contribution in [3.63, 3.8) is 0 Å². The van der Waals surface area contributed by atoms with Crippen LogP contribution in [0, 0.1) is 0 Å². The highest BCUT2D eigenvalue weighted by Gasteiger charge is 2.28. The van der Waals surface area contributed by atoms with Crippen LogP contribution in [0.4, 0.5) is 11.5 Å². The fraction of sp³-hybridized carbons (Fsp3) is 0.467. The van der Waals surface area contributed by atoms with Gasteiger partial charge in [-0.2, -0.15) is 0 Å². The molecule has 2 N–H and O–H groups in total. The maximum Gasteiger partial charge on any atom is 0.274 e. The summed E-state index contributed by atoms with van der Waals surface area (Å²) >= 11 is 0. The number of rotatable bonds is 7. The lowest BCUT2D eigenvalue weighted by atomic mass is 9.93. The van der Waals surface area contributed by atoms with Crippen LogP contribution in [-0.4, -0.2) is 51.6 Å². The number of pyridine rings is 1. The number of nitrogens with zero attached hydrogens (tertiary/aromatic N) is 3. The number of benzene rings is 1. The predicted molar refractivity (Wildman–Crippen MR) is 151 cm³/mol. The summed E-state index contributed by atoms with van der Waals surface area (Å²) in [5.41, 5.74) is 1.70. The first-order valence-electron chi connectivity index (χ1n) is 13.4. The quantitative estimate of drug-likeness (QED) is 0.416. The Kier molecular flexibility index (Phi) is 8.39. The van der Waals surface area contributed by atoms with Gasteiger partial charge in [0.25, 0.3) is 5.91 Å². The first kappa shape index (κ1) is 28.3. The molecule has 208 valence electrons. The molecule has 2 amide bonds. The van der Waals surface area contributed by atoms with Gasteiger partial charge in [0.1, 0.15) is 23.3 Å². The lowest BCUT2D eigenvalue weighted by Gasteiger charge is -2.40. The van der Waals surface area contributed by atoms with E-state index in [1.165, 1.54) is 0 Å². The standard InChI is InChI=1S/C30H39N5O4/c1-29(2,3)25-18-26(34-39-25)33-27(36)17-20-7-9-21(10-8-20)32-28(37)24-12-11-23(19-31-24)38-22-13-15-35(16-14-22)30(4,5)6/h7-12,18-19,22H,13-17H2,1-6H3,(H,32,37)(H,33,34,36). The summed E-state index contributed by atoms with van der Waals surface area (Å²) in [6, 6.07) is 12.3. The maximum atomic E-state index is 12.7. The molecule has 9 heteroatoms. The molecule has 0 spiro atoms. The second-order valence-electron chi connectivity index (χ2n) is 12.1. The number of anilines is 2. The SMILES string of the molecule is CC(C)(C)c1cc(NC(=O)Cc2ccc(NC(=O)c3ccc(OC4CCN(C(C)(C)C)CC4)cn3)cc2)no1. The van der Waals surface area contributed by atoms with Crippen molar-refractivity contribution >= 4 is 23.3 Å². The highest BCUT2D eigenvalue weighted by Crippen LogP contribution is 2.25. The fourth-order valence-corrected chi connectivity index (χ4v) is 4.38. The van der Waals surface area contributed by atoms with Gasteiger partial charge >= 0.3 is 0 Å². The van der Waals surface area contributed by atoms with E-state index in [0.29, 0.717) is 28.7 Å². The van der Waals surface area contributed by atoms with Crippen molar-refractivity contribution in [2.75, 3.05) is 23.7 Å². The molecule has 3 aromatic rings. The van der Waals surface area contributed by atoms with E-state index in [2.05, 4.69) is 46.4 Å². The van der Waals surface area contributed by atoms with Crippen molar-refractivity contribution in [2.24, 2.45) is 0 Å². The molecule has 3 heterocycles. The lowest BCUT2D eigenvalue weighted by molar-refractivity contribution is -0.115. The van der Waals surface area contributed by atoms with Gasteiger partial charge in [0.05, 0.1) is 12.6 Å². The molecule has 2 aromatic heterocycles. The van der Waals surface area contributed by atoms with Crippen molar-refractivity contribution < 1.29 is 18.8 Å². The van der Waals surface area contributed by atoms with E-state index in [0.717, 1.165) is 31.5 Å². The van der Waals surface area contributed by atoms with E-state index in [-0.39, 0.29) is 35.3 Å². The Labute approximate surface area is 230 Å². The summed E-state index contributed by atoms with van der Waals surface area (Å²) in [7, 11) is 0. The number of piperidine rings is 1. The number of likely N-dealkylation sites (tertiary alicyclic amines) is 1. The molecule has 1 fully saturated rings. The van der Waals surface area contributed by atoms with Crippen LogP contribution in [0.2, 0.25) is 0 Å². The molecule has 1 aliphatic rings. The Bertz CT molecular complexity index is 1260. The smallest absolute Gasteiger partial charge is 0.274 e. The molecule has 0 aliphatic carbocycles. The Hall–Kier alpha value is -3.72. The zero-order valence-electron chi connectivity index (χ0n) is 23.7. The fourth-order valence-electron chi connectivity index (χ4n) is 4.38. The molecular weight excluding hydrogens is 494 g/mol. The summed E-state index contributed by atoms with van der Waals surface area (Å²) in [6.07, 6.45) is 3.86. The van der Waals surface area contributed by atoms with Crippen molar-refractivity contribution in [3.05, 3.63) is 65.7 Å². The normalized spacial score (nSPS) is 15.1. The van der Waals surface area contributed by atoms with Gasteiger partial charge in [-0.15, -0.1) is 0 Å². The average Bonchev–Trinajstić information content (AvgIpc) is 3.34. The van der Waals surface area contributed by atoms with Gasteiger partial charge in [-0.05, 0) is 63.4 Å². The lowest BCUT2D eigenvalue weighted by Crippen LogP contribution is -2.48. The molecule has 1 aromatic carbocycles. The minimum absolute atomic E-state index is 0.155. The number of amides is 2. The highest BCUT2D eigenvalue weighted by molar-refractivity contribution is 6.02. The summed E-state index contributed by atoms with van der Waals surface area (Å²) in [5.74, 6) is 1.25. The van der Waals surface area contributed by atoms with Gasteiger partial charge in [-0.3, -0.25) is 14.5 Å². The van der Waals surface area contributed by atoms with Crippen LogP contribution in [0.3, 0.4) is 0 Å². The van der Waals surface area contributed by atoms with E-state index in [4.69, 9.17) is 9.26 Å². The molecule has 0 radical (unpaired) electrons. The first-order chi connectivity index (χ1) is 18.4. The number of ether oxygens (including phenoxy) is 1. The van der Waals surface area contributed by atoms with Crippen LogP contribution in [-0.2, 0) is 16.6 Å². The third-order valence-electron chi connectivity index (χ3n) is 6.76. The zero-order valence-corrected chi connectivity index (χ0v) is 23.7. The second-order valence-corrected chi connectivity index (χ2v) is 12.1. The Balaban J connectivity index is 1.24. The second kappa shape index (κ2) is 11.6. The summed E-state index contributed by atoms with van der Waals surface area (Å²) in [5, 5.41) is 9.51. The Morgan fingerprint density at radius 2 is 1.69 bits per heavy atom. The van der Waals surface area contributed by atoms with Gasteiger partial charge in [0.2, 0.25) is 5.91 Å². The third-order valence-corrected chi connectivity index (χ3v) is 6.76. The molecule has 0 saturated carbocycles. The van der Waals surface area contributed by atoms with Crippen LogP contribution in [0.15, 0.2) is 53.2 Å². The Morgan fingerprint density at radius 1 is 1.00 bits per heavy atom. The molecule has 1 aliphatic heterocycles. The maximum absolute atomic E-state index is 12.7. The van der Waals surface area contributed by atoms with E-state index >= 15 is 0 Å². The van der Waals surface area contributed by atoms with Gasteiger partial charge in [-0.1, -0.05) is 38.1 Å². The van der Waals surface area contributed by atoms with Crippen LogP contribution >= 0.6 is 0 Å². The van der Waals surface area contributed by atoms with E-state index in [9.17, 15) is 9.59 Å². The number of hydrogen-bond donors (Lipinski definition) is 2. The number of nitrogens with one attached hydrogen (secondary N) is 2. The zero-order chi connectivity index (χ0) is 28.2. The predicted octanol–water partition coefficient (Wildman–Crippen LogP) is 5.44. The highest BCUT2D eigenvalue weighted by atomic mass is 16.5. The first-order valence-corrected chi connectivity index (χ1v) is 13.4. The molecule has 0 bridgehead atoms. The van der Waals surface area contributed by atoms with Gasteiger partial charge < -0.3 is 19.9 Å². The van der Waals surface area contributed by atoms with E-state index in [1.54, 1.807) is 48.7 Å². The van der Waals surface area contributed by atoms with Crippen LogP contribution < -0.4 is 15.4 Å². The van der Waals surface area contributed by atoms with Gasteiger partial charge in [0, 0.05) is 35.8 Å². The van der Waals surface area contributed by atoms with Crippen molar-refractivity contribution in [2.45, 2.75) is 77.9 Å². The van der Waals surface area contributed by atoms with Crippen LogP contribution in [0.1, 0.15) is 76.2 Å². The summed E-state index contributed by atoms with van der Waals surface area (Å²) in [6.45, 7) is 14.8. The number of hydrogen-bond acceptors (Lipinski definition) is 7. The molecule has 9 nitrogen and oxygen atoms in total. The van der Waals surface area contributed by atoms with Crippen molar-refractivity contribution in [1.29, 1.82) is 0 Å². The number of carbonyl (C=O) groups excluding carboxylic acids is 2. The Morgan fingerprint density at radius 3 is 2.26 bits per heavy atom. The molecule has 1 saturated heterocycles. The van der Waals surface area contributed by atoms with Crippen molar-refractivity contribution in [1.82, 2.24) is 15.0 Å². The molecule has 0 atom stereocenters. The minimum atomic E-state index is -0.314. The number of aromatic nitrogens is 2. The average molecular weight is 534 g/mol. The molecule has 0 unspecified atom stereocenters. The van der Waals surface area contributed by atoms with E-state index in [1.807, 2.05) is 20.8 Å². The monoisotopic (exact) mass is 533 g/mol. The van der Waals surface area contributed by atoms with Crippen molar-refractivity contribution in [3.8, 4) is 5.75 Å². The van der Waals surface area contributed by atoms with Gasteiger partial charge in [-0.25, -0.2) is 4.98 Å². The number of carbonyl (C=O) groups is 2. The summed E-state index contributed by atoms with van der Waals surface area (Å²) < 4.78 is 11.4. The van der Waals surface area contributed by atoms with Crippen LogP contribution in [0.5, 0.6) is 5.75 Å². The molecule has 39 heavy (non-hydrogen) atoms. The van der Waals surface area contributed by atoms with Crippen LogP contribution in [0.25, 0.3) is 0 Å². The minimum Gasteiger partial charge on any atom is -0.489 e. The van der Waals surface area contributed by atoms with Gasteiger partial charge in [0.15, 0.2) is 5.82 Å². The third kappa shape index (κ3) is 7.89.